The summed E-state index contributed by atoms with van der Waals surface area (Å²) in [5.74, 6) is 0.292. The molecule has 0 aliphatic rings. The van der Waals surface area contributed by atoms with E-state index in [-0.39, 0.29) is 11.7 Å². The molecule has 0 unspecified atom stereocenters. The lowest BCUT2D eigenvalue weighted by Gasteiger charge is -2.06. The summed E-state index contributed by atoms with van der Waals surface area (Å²) in [5.41, 5.74) is 2.28. The Balaban J connectivity index is 2.21. The molecule has 0 aliphatic carbocycles. The number of pyridine rings is 1. The van der Waals surface area contributed by atoms with Crippen molar-refractivity contribution in [2.75, 3.05) is 5.32 Å². The van der Waals surface area contributed by atoms with Crippen molar-refractivity contribution in [2.24, 2.45) is 0 Å². The summed E-state index contributed by atoms with van der Waals surface area (Å²) in [6.07, 6.45) is 0. The Morgan fingerprint density at radius 3 is 2.67 bits per heavy atom. The highest BCUT2D eigenvalue weighted by Crippen LogP contribution is 2.14. The van der Waals surface area contributed by atoms with Crippen LogP contribution in [-0.2, 0) is 0 Å². The van der Waals surface area contributed by atoms with Crippen molar-refractivity contribution in [1.82, 2.24) is 4.98 Å². The van der Waals surface area contributed by atoms with E-state index < -0.39 is 0 Å². The van der Waals surface area contributed by atoms with Crippen molar-refractivity contribution < 1.29 is 9.90 Å². The molecule has 4 nitrogen and oxygen atoms in total. The van der Waals surface area contributed by atoms with Gasteiger partial charge in [0.1, 0.15) is 11.6 Å². The van der Waals surface area contributed by atoms with E-state index in [0.717, 1.165) is 11.3 Å². The number of aryl methyl sites for hydroxylation is 2. The molecule has 0 atom stereocenters. The molecule has 0 spiro atoms. The topological polar surface area (TPSA) is 62.2 Å². The first-order valence-corrected chi connectivity index (χ1v) is 5.60. The quantitative estimate of drug-likeness (QED) is 0.851. The van der Waals surface area contributed by atoms with Crippen LogP contribution in [0.25, 0.3) is 0 Å². The number of hydrogen-bond donors (Lipinski definition) is 2. The van der Waals surface area contributed by atoms with Gasteiger partial charge in [0.2, 0.25) is 0 Å². The van der Waals surface area contributed by atoms with Crippen molar-refractivity contribution in [1.29, 1.82) is 0 Å². The summed E-state index contributed by atoms with van der Waals surface area (Å²) in [4.78, 5) is 16.2. The predicted octanol–water partition coefficient (Wildman–Crippen LogP) is 2.66. The first-order chi connectivity index (χ1) is 8.54. The molecule has 4 heteroatoms. The Kier molecular flexibility index (Phi) is 3.28. The lowest BCUT2D eigenvalue weighted by Crippen LogP contribution is -2.13. The second-order valence-corrected chi connectivity index (χ2v) is 4.18. The van der Waals surface area contributed by atoms with Crippen LogP contribution < -0.4 is 5.32 Å². The van der Waals surface area contributed by atoms with Crippen LogP contribution in [0.15, 0.2) is 36.4 Å². The third kappa shape index (κ3) is 2.85. The number of nitrogens with one attached hydrogen (secondary N) is 1. The van der Waals surface area contributed by atoms with Crippen LogP contribution in [0.5, 0.6) is 5.75 Å². The molecule has 1 aromatic heterocycles. The molecule has 2 aromatic rings. The molecular weight excluding hydrogens is 228 g/mol. The first-order valence-electron chi connectivity index (χ1n) is 5.60. The summed E-state index contributed by atoms with van der Waals surface area (Å²) in [6, 6.07) is 9.93. The number of phenols is 1. The minimum atomic E-state index is -0.289. The van der Waals surface area contributed by atoms with Gasteiger partial charge in [-0.05, 0) is 49.7 Å². The summed E-state index contributed by atoms with van der Waals surface area (Å²) < 4.78 is 0. The molecule has 1 aromatic carbocycles. The third-order valence-corrected chi connectivity index (χ3v) is 2.45. The van der Waals surface area contributed by atoms with Gasteiger partial charge in [0, 0.05) is 11.3 Å². The molecule has 0 fully saturated rings. The standard InChI is InChI=1S/C14H14N2O2/c1-9-6-10(2)15-13(7-9)16-14(18)11-4-3-5-12(17)8-11/h3-8,17H,1-2H3,(H,15,16,18). The second-order valence-electron chi connectivity index (χ2n) is 4.18. The van der Waals surface area contributed by atoms with Crippen molar-refractivity contribution in [2.45, 2.75) is 13.8 Å². The van der Waals surface area contributed by atoms with E-state index in [1.807, 2.05) is 19.9 Å². The van der Waals surface area contributed by atoms with E-state index >= 15 is 0 Å². The number of anilines is 1. The van der Waals surface area contributed by atoms with Crippen molar-refractivity contribution in [3.63, 3.8) is 0 Å². The minimum absolute atomic E-state index is 0.0658. The average Bonchev–Trinajstić information content (AvgIpc) is 2.27. The number of carbonyl (C=O) groups is 1. The predicted molar refractivity (Wildman–Crippen MR) is 69.8 cm³/mol. The number of amides is 1. The highest BCUT2D eigenvalue weighted by Gasteiger charge is 2.07. The molecule has 0 saturated carbocycles. The van der Waals surface area contributed by atoms with E-state index in [4.69, 9.17) is 0 Å². The Morgan fingerprint density at radius 1 is 1.22 bits per heavy atom. The van der Waals surface area contributed by atoms with E-state index in [0.29, 0.717) is 11.4 Å². The lowest BCUT2D eigenvalue weighted by atomic mass is 10.2. The zero-order chi connectivity index (χ0) is 13.1. The molecule has 0 radical (unpaired) electrons. The summed E-state index contributed by atoms with van der Waals surface area (Å²) in [6.45, 7) is 3.82. The zero-order valence-corrected chi connectivity index (χ0v) is 10.3. The highest BCUT2D eigenvalue weighted by molar-refractivity contribution is 6.04. The fourth-order valence-corrected chi connectivity index (χ4v) is 1.74. The van der Waals surface area contributed by atoms with Crippen molar-refractivity contribution in [3.05, 3.63) is 53.2 Å². The Hall–Kier alpha value is -2.36. The number of nitrogens with zero attached hydrogens (tertiary/aromatic N) is 1. The Labute approximate surface area is 105 Å². The van der Waals surface area contributed by atoms with Crippen LogP contribution >= 0.6 is 0 Å². The van der Waals surface area contributed by atoms with Gasteiger partial charge in [-0.15, -0.1) is 0 Å². The van der Waals surface area contributed by atoms with Gasteiger partial charge in [-0.2, -0.15) is 0 Å². The van der Waals surface area contributed by atoms with E-state index in [9.17, 15) is 9.90 Å². The first kappa shape index (κ1) is 12.1. The Bertz CT molecular complexity index is 574. The zero-order valence-electron chi connectivity index (χ0n) is 10.3. The number of aromatic hydroxyl groups is 1. The molecule has 2 rings (SSSR count). The molecule has 0 saturated heterocycles. The van der Waals surface area contributed by atoms with Gasteiger partial charge in [-0.25, -0.2) is 4.98 Å². The molecule has 2 N–H and O–H groups in total. The van der Waals surface area contributed by atoms with Gasteiger partial charge in [0.25, 0.3) is 5.91 Å². The monoisotopic (exact) mass is 242 g/mol. The fraction of sp³-hybridized carbons (Fsp3) is 0.143. The number of aromatic nitrogens is 1. The summed E-state index contributed by atoms with van der Waals surface area (Å²) >= 11 is 0. The second kappa shape index (κ2) is 4.87. The fourth-order valence-electron chi connectivity index (χ4n) is 1.74. The van der Waals surface area contributed by atoms with Gasteiger partial charge < -0.3 is 10.4 Å². The molecule has 1 amide bonds. The molecule has 92 valence electrons. The highest BCUT2D eigenvalue weighted by atomic mass is 16.3. The SMILES string of the molecule is Cc1cc(C)nc(NC(=O)c2cccc(O)c2)c1. The van der Waals surface area contributed by atoms with Crippen molar-refractivity contribution >= 4 is 11.7 Å². The third-order valence-electron chi connectivity index (χ3n) is 2.45. The lowest BCUT2D eigenvalue weighted by molar-refractivity contribution is 0.102. The van der Waals surface area contributed by atoms with Gasteiger partial charge in [0.15, 0.2) is 0 Å². The van der Waals surface area contributed by atoms with Crippen LogP contribution in [0.3, 0.4) is 0 Å². The number of hydrogen-bond acceptors (Lipinski definition) is 3. The molecule has 0 bridgehead atoms. The molecule has 1 heterocycles. The van der Waals surface area contributed by atoms with Gasteiger partial charge in [-0.1, -0.05) is 6.07 Å². The maximum Gasteiger partial charge on any atom is 0.256 e. The van der Waals surface area contributed by atoms with Gasteiger partial charge >= 0.3 is 0 Å². The average molecular weight is 242 g/mol. The van der Waals surface area contributed by atoms with Crippen LogP contribution in [0.2, 0.25) is 0 Å². The number of rotatable bonds is 2. The normalized spacial score (nSPS) is 10.1. The van der Waals surface area contributed by atoms with Crippen LogP contribution in [0, 0.1) is 13.8 Å². The largest absolute Gasteiger partial charge is 0.508 e. The number of benzene rings is 1. The Morgan fingerprint density at radius 2 is 2.00 bits per heavy atom. The molecule has 0 aliphatic heterocycles. The van der Waals surface area contributed by atoms with Crippen LogP contribution in [0.1, 0.15) is 21.6 Å². The summed E-state index contributed by atoms with van der Waals surface area (Å²) in [5, 5.41) is 12.0. The molecular formula is C14H14N2O2. The van der Waals surface area contributed by atoms with E-state index in [2.05, 4.69) is 10.3 Å². The van der Waals surface area contributed by atoms with Crippen molar-refractivity contribution in [3.8, 4) is 5.75 Å². The van der Waals surface area contributed by atoms with Crippen LogP contribution in [0.4, 0.5) is 5.82 Å². The maximum absolute atomic E-state index is 11.9. The number of carbonyl (C=O) groups excluding carboxylic acids is 1. The van der Waals surface area contributed by atoms with E-state index in [1.54, 1.807) is 18.2 Å². The maximum atomic E-state index is 11.9. The van der Waals surface area contributed by atoms with Gasteiger partial charge in [-0.3, -0.25) is 4.79 Å². The molecule has 18 heavy (non-hydrogen) atoms. The van der Waals surface area contributed by atoms with Crippen LogP contribution in [-0.4, -0.2) is 16.0 Å². The van der Waals surface area contributed by atoms with Gasteiger partial charge in [0.05, 0.1) is 0 Å². The smallest absolute Gasteiger partial charge is 0.256 e. The summed E-state index contributed by atoms with van der Waals surface area (Å²) in [7, 11) is 0. The van der Waals surface area contributed by atoms with E-state index in [1.165, 1.54) is 12.1 Å². The number of phenolic OH excluding ortho intramolecular Hbond substituents is 1. The minimum Gasteiger partial charge on any atom is -0.508 e.